The zero-order valence-corrected chi connectivity index (χ0v) is 12.5. The molecule has 0 aromatic heterocycles. The van der Waals surface area contributed by atoms with Gasteiger partial charge in [0.25, 0.3) is 0 Å². The van der Waals surface area contributed by atoms with Crippen LogP contribution in [0.4, 0.5) is 0 Å². The molecule has 0 bridgehead atoms. The molecule has 0 fully saturated rings. The molecular formula is C17H14O7. The summed E-state index contributed by atoms with van der Waals surface area (Å²) in [6, 6.07) is 12.2. The van der Waals surface area contributed by atoms with Crippen molar-refractivity contribution in [3.8, 4) is 11.5 Å². The Balaban J connectivity index is 2.02. The topological polar surface area (TPSA) is 110 Å². The molecule has 7 nitrogen and oxygen atoms in total. The van der Waals surface area contributed by atoms with Gasteiger partial charge >= 0.3 is 11.9 Å². The summed E-state index contributed by atoms with van der Waals surface area (Å²) in [5.41, 5.74) is 0.828. The maximum atomic E-state index is 12.3. The third kappa shape index (κ3) is 4.84. The first kappa shape index (κ1) is 17.0. The van der Waals surface area contributed by atoms with Crippen LogP contribution in [0.3, 0.4) is 0 Å². The molecule has 24 heavy (non-hydrogen) atoms. The second kappa shape index (κ2) is 7.77. The number of aliphatic carboxylic acids is 2. The van der Waals surface area contributed by atoms with Gasteiger partial charge in [-0.3, -0.25) is 4.79 Å². The van der Waals surface area contributed by atoms with Crippen molar-refractivity contribution in [3.63, 3.8) is 0 Å². The van der Waals surface area contributed by atoms with Crippen molar-refractivity contribution in [3.05, 3.63) is 59.7 Å². The molecule has 0 amide bonds. The molecule has 0 aliphatic carbocycles. The van der Waals surface area contributed by atoms with Crippen molar-refractivity contribution in [2.24, 2.45) is 0 Å². The maximum absolute atomic E-state index is 12.3. The van der Waals surface area contributed by atoms with Crippen molar-refractivity contribution in [2.45, 2.75) is 0 Å². The third-order valence-electron chi connectivity index (χ3n) is 2.96. The molecule has 0 unspecified atom stereocenters. The van der Waals surface area contributed by atoms with Gasteiger partial charge in [0, 0.05) is 11.1 Å². The van der Waals surface area contributed by atoms with Gasteiger partial charge in [0.05, 0.1) is 0 Å². The van der Waals surface area contributed by atoms with E-state index in [0.29, 0.717) is 22.6 Å². The summed E-state index contributed by atoms with van der Waals surface area (Å²) in [5, 5.41) is 17.1. The van der Waals surface area contributed by atoms with Crippen LogP contribution in [-0.2, 0) is 9.59 Å². The summed E-state index contributed by atoms with van der Waals surface area (Å²) in [5.74, 6) is -1.69. The van der Waals surface area contributed by atoms with E-state index in [1.807, 2.05) is 0 Å². The Hall–Kier alpha value is -3.35. The van der Waals surface area contributed by atoms with Crippen LogP contribution in [0.2, 0.25) is 0 Å². The highest BCUT2D eigenvalue weighted by Crippen LogP contribution is 2.18. The van der Waals surface area contributed by atoms with Gasteiger partial charge in [-0.2, -0.15) is 0 Å². The fourth-order valence-electron chi connectivity index (χ4n) is 1.86. The molecule has 0 atom stereocenters. The largest absolute Gasteiger partial charge is 0.482 e. The number of carbonyl (C=O) groups excluding carboxylic acids is 1. The van der Waals surface area contributed by atoms with Crippen molar-refractivity contribution in [1.82, 2.24) is 0 Å². The fraction of sp³-hybridized carbons (Fsp3) is 0.118. The van der Waals surface area contributed by atoms with Gasteiger partial charge in [-0.15, -0.1) is 0 Å². The van der Waals surface area contributed by atoms with Crippen molar-refractivity contribution in [2.75, 3.05) is 13.2 Å². The quantitative estimate of drug-likeness (QED) is 0.711. The Morgan fingerprint density at radius 3 is 1.29 bits per heavy atom. The molecule has 2 N–H and O–H groups in total. The van der Waals surface area contributed by atoms with E-state index in [0.717, 1.165) is 0 Å². The van der Waals surface area contributed by atoms with Crippen molar-refractivity contribution in [1.29, 1.82) is 0 Å². The lowest BCUT2D eigenvalue weighted by Crippen LogP contribution is -2.10. The highest BCUT2D eigenvalue weighted by molar-refractivity contribution is 6.09. The maximum Gasteiger partial charge on any atom is 0.341 e. The number of carboxylic acids is 2. The molecule has 0 saturated heterocycles. The molecular weight excluding hydrogens is 316 g/mol. The molecule has 0 heterocycles. The van der Waals surface area contributed by atoms with Gasteiger partial charge in [-0.1, -0.05) is 0 Å². The smallest absolute Gasteiger partial charge is 0.341 e. The Morgan fingerprint density at radius 2 is 1.00 bits per heavy atom. The Morgan fingerprint density at radius 1 is 0.667 bits per heavy atom. The highest BCUT2D eigenvalue weighted by atomic mass is 16.5. The first-order valence-electron chi connectivity index (χ1n) is 6.90. The first-order valence-corrected chi connectivity index (χ1v) is 6.90. The molecule has 2 aromatic carbocycles. The van der Waals surface area contributed by atoms with Crippen LogP contribution in [0.1, 0.15) is 15.9 Å². The van der Waals surface area contributed by atoms with Gasteiger partial charge in [0.2, 0.25) is 0 Å². The summed E-state index contributed by atoms with van der Waals surface area (Å²) in [4.78, 5) is 33.2. The van der Waals surface area contributed by atoms with E-state index >= 15 is 0 Å². The highest BCUT2D eigenvalue weighted by Gasteiger charge is 2.10. The second-order valence-corrected chi connectivity index (χ2v) is 4.74. The van der Waals surface area contributed by atoms with E-state index in [9.17, 15) is 14.4 Å². The number of rotatable bonds is 8. The fourth-order valence-corrected chi connectivity index (χ4v) is 1.86. The number of carboxylic acid groups (broad SMARTS) is 2. The number of carbonyl (C=O) groups is 3. The lowest BCUT2D eigenvalue weighted by molar-refractivity contribution is -0.140. The Bertz CT molecular complexity index is 669. The average molecular weight is 330 g/mol. The molecule has 0 aliphatic rings. The zero-order chi connectivity index (χ0) is 17.5. The second-order valence-electron chi connectivity index (χ2n) is 4.74. The van der Waals surface area contributed by atoms with Crippen LogP contribution in [0.25, 0.3) is 0 Å². The molecule has 0 aliphatic heterocycles. The van der Waals surface area contributed by atoms with Gasteiger partial charge in [-0.25, -0.2) is 9.59 Å². The number of benzene rings is 2. The zero-order valence-electron chi connectivity index (χ0n) is 12.5. The van der Waals surface area contributed by atoms with Crippen LogP contribution in [0.15, 0.2) is 48.5 Å². The van der Waals surface area contributed by atoms with Crippen LogP contribution in [0.5, 0.6) is 11.5 Å². The van der Waals surface area contributed by atoms with Crippen molar-refractivity contribution >= 4 is 17.7 Å². The number of ether oxygens (including phenoxy) is 2. The van der Waals surface area contributed by atoms with Crippen LogP contribution in [-0.4, -0.2) is 41.1 Å². The van der Waals surface area contributed by atoms with Gasteiger partial charge in [0.1, 0.15) is 11.5 Å². The molecule has 0 radical (unpaired) electrons. The van der Waals surface area contributed by atoms with Crippen LogP contribution >= 0.6 is 0 Å². The Labute approximate surface area is 137 Å². The predicted octanol–water partition coefficient (Wildman–Crippen LogP) is 1.84. The average Bonchev–Trinajstić information content (AvgIpc) is 2.58. The van der Waals surface area contributed by atoms with Crippen LogP contribution in [0, 0.1) is 0 Å². The normalized spacial score (nSPS) is 10.0. The molecule has 0 saturated carbocycles. The molecule has 2 aromatic rings. The number of hydrogen-bond acceptors (Lipinski definition) is 5. The van der Waals surface area contributed by atoms with Gasteiger partial charge < -0.3 is 19.7 Å². The summed E-state index contributed by atoms with van der Waals surface area (Å²) in [6.45, 7) is -0.907. The van der Waals surface area contributed by atoms with E-state index in [-0.39, 0.29) is 5.78 Å². The lowest BCUT2D eigenvalue weighted by atomic mass is 10.0. The monoisotopic (exact) mass is 330 g/mol. The van der Waals surface area contributed by atoms with Crippen molar-refractivity contribution < 1.29 is 34.1 Å². The minimum atomic E-state index is -1.08. The van der Waals surface area contributed by atoms with E-state index in [1.54, 1.807) is 0 Å². The third-order valence-corrected chi connectivity index (χ3v) is 2.96. The molecule has 0 spiro atoms. The predicted molar refractivity (Wildman–Crippen MR) is 82.6 cm³/mol. The number of hydrogen-bond donors (Lipinski definition) is 2. The molecule has 2 rings (SSSR count). The first-order chi connectivity index (χ1) is 11.5. The van der Waals surface area contributed by atoms with E-state index in [2.05, 4.69) is 0 Å². The Kier molecular flexibility index (Phi) is 5.51. The lowest BCUT2D eigenvalue weighted by Gasteiger charge is -2.06. The minimum Gasteiger partial charge on any atom is -0.482 e. The summed E-state index contributed by atoms with van der Waals surface area (Å²) in [6.07, 6.45) is 0. The standard InChI is InChI=1S/C17H14O7/c18-15(19)9-23-13-5-1-11(2-6-13)17(22)12-3-7-14(8-4-12)24-10-16(20)21/h1-8H,9-10H2,(H,18,19)(H,20,21). The SMILES string of the molecule is O=C(O)COc1ccc(C(=O)c2ccc(OCC(=O)O)cc2)cc1. The van der Waals surface area contributed by atoms with E-state index < -0.39 is 25.2 Å². The van der Waals surface area contributed by atoms with E-state index in [1.165, 1.54) is 48.5 Å². The van der Waals surface area contributed by atoms with E-state index in [4.69, 9.17) is 19.7 Å². The molecule has 124 valence electrons. The summed E-state index contributed by atoms with van der Waals surface area (Å²) < 4.78 is 9.99. The number of ketones is 1. The molecule has 7 heteroatoms. The van der Waals surface area contributed by atoms with Crippen LogP contribution < -0.4 is 9.47 Å². The van der Waals surface area contributed by atoms with Gasteiger partial charge in [0.15, 0.2) is 19.0 Å². The van der Waals surface area contributed by atoms with Gasteiger partial charge in [-0.05, 0) is 48.5 Å². The minimum absolute atomic E-state index is 0.232. The summed E-state index contributed by atoms with van der Waals surface area (Å²) >= 11 is 0. The summed E-state index contributed by atoms with van der Waals surface area (Å²) in [7, 11) is 0.